The summed E-state index contributed by atoms with van der Waals surface area (Å²) in [5.41, 5.74) is 2.08. The predicted octanol–water partition coefficient (Wildman–Crippen LogP) is 6.20. The van der Waals surface area contributed by atoms with Crippen molar-refractivity contribution < 1.29 is 27.1 Å². The van der Waals surface area contributed by atoms with Crippen molar-refractivity contribution >= 4 is 27.5 Å². The maximum absolute atomic E-state index is 15.1. The molecule has 0 saturated carbocycles. The molecule has 8 nitrogen and oxygen atoms in total. The maximum atomic E-state index is 15.1. The van der Waals surface area contributed by atoms with Gasteiger partial charge in [0.15, 0.2) is 0 Å². The molecule has 0 fully saturated rings. The number of aryl methyl sites for hydroxylation is 2. The van der Waals surface area contributed by atoms with Gasteiger partial charge in [-0.25, -0.2) is 12.8 Å². The summed E-state index contributed by atoms with van der Waals surface area (Å²) < 4.78 is 50.4. The quantitative estimate of drug-likeness (QED) is 0.195. The standard InChI is InChI=1S/C37H42FN3O5S/c1-26-16-19-30(20-17-26)47(44,45)41(32-22-27(2)18-21-34(32)46-6)25-35(42)40(24-29-14-10-11-15-31(29)38)33(36(43)39-37(3,4)5)23-28-12-8-7-9-13-28/h7-22,33H,23-25H2,1-6H3,(H,39,43). The van der Waals surface area contributed by atoms with Gasteiger partial charge >= 0.3 is 0 Å². The van der Waals surface area contributed by atoms with Crippen molar-refractivity contribution in [2.75, 3.05) is 18.0 Å². The van der Waals surface area contributed by atoms with E-state index < -0.39 is 45.8 Å². The molecule has 0 radical (unpaired) electrons. The average molecular weight is 660 g/mol. The van der Waals surface area contributed by atoms with Crippen LogP contribution in [0.4, 0.5) is 10.1 Å². The van der Waals surface area contributed by atoms with E-state index in [9.17, 15) is 18.0 Å². The van der Waals surface area contributed by atoms with Crippen LogP contribution < -0.4 is 14.4 Å². The molecule has 1 unspecified atom stereocenters. The Labute approximate surface area is 277 Å². The minimum Gasteiger partial charge on any atom is -0.495 e. The Kier molecular flexibility index (Phi) is 11.1. The number of hydrogen-bond acceptors (Lipinski definition) is 5. The zero-order chi connectivity index (χ0) is 34.4. The van der Waals surface area contributed by atoms with Crippen molar-refractivity contribution in [3.8, 4) is 5.75 Å². The molecule has 0 aromatic heterocycles. The number of nitrogens with one attached hydrogen (secondary N) is 1. The van der Waals surface area contributed by atoms with Crippen LogP contribution in [0.1, 0.15) is 43.0 Å². The number of amides is 2. The zero-order valence-corrected chi connectivity index (χ0v) is 28.5. The number of rotatable bonds is 12. The smallest absolute Gasteiger partial charge is 0.264 e. The van der Waals surface area contributed by atoms with E-state index >= 15 is 4.39 Å². The molecule has 0 bridgehead atoms. The zero-order valence-electron chi connectivity index (χ0n) is 27.7. The Balaban J connectivity index is 1.88. The van der Waals surface area contributed by atoms with Crippen LogP contribution in [0.5, 0.6) is 5.75 Å². The molecule has 0 heterocycles. The molecule has 1 atom stereocenters. The van der Waals surface area contributed by atoms with E-state index in [2.05, 4.69) is 5.32 Å². The molecular formula is C37H42FN3O5S. The predicted molar refractivity (Wildman–Crippen MR) is 182 cm³/mol. The normalized spacial score (nSPS) is 12.2. The Bertz CT molecular complexity index is 1810. The van der Waals surface area contributed by atoms with E-state index in [4.69, 9.17) is 4.74 Å². The molecule has 0 aliphatic carbocycles. The number of anilines is 1. The third-order valence-corrected chi connectivity index (χ3v) is 9.33. The topological polar surface area (TPSA) is 96.0 Å². The van der Waals surface area contributed by atoms with E-state index in [1.165, 1.54) is 30.2 Å². The number of nitrogens with zero attached hydrogens (tertiary/aromatic N) is 2. The van der Waals surface area contributed by atoms with Crippen molar-refractivity contribution in [1.29, 1.82) is 0 Å². The lowest BCUT2D eigenvalue weighted by Gasteiger charge is -2.35. The van der Waals surface area contributed by atoms with Gasteiger partial charge in [-0.3, -0.25) is 13.9 Å². The van der Waals surface area contributed by atoms with E-state index in [-0.39, 0.29) is 34.9 Å². The number of carbonyl (C=O) groups is 2. The maximum Gasteiger partial charge on any atom is 0.264 e. The molecule has 0 aliphatic rings. The average Bonchev–Trinajstić information content (AvgIpc) is 3.02. The number of benzene rings is 4. The molecule has 0 spiro atoms. The summed E-state index contributed by atoms with van der Waals surface area (Å²) in [6.07, 6.45) is 0.113. The third-order valence-electron chi connectivity index (χ3n) is 7.56. The molecule has 0 aliphatic heterocycles. The molecule has 4 aromatic carbocycles. The highest BCUT2D eigenvalue weighted by molar-refractivity contribution is 7.92. The first-order chi connectivity index (χ1) is 22.2. The highest BCUT2D eigenvalue weighted by atomic mass is 32.2. The second kappa shape index (κ2) is 14.8. The van der Waals surface area contributed by atoms with E-state index in [0.29, 0.717) is 0 Å². The molecule has 4 rings (SSSR count). The number of ether oxygens (including phenoxy) is 1. The van der Waals surface area contributed by atoms with Gasteiger partial charge in [-0.15, -0.1) is 0 Å². The second-order valence-corrected chi connectivity index (χ2v) is 14.4. The Morgan fingerprint density at radius 1 is 0.872 bits per heavy atom. The second-order valence-electron chi connectivity index (χ2n) is 12.6. The molecule has 47 heavy (non-hydrogen) atoms. The minimum absolute atomic E-state index is 0.0218. The van der Waals surface area contributed by atoms with Crippen LogP contribution >= 0.6 is 0 Å². The van der Waals surface area contributed by atoms with Crippen LogP contribution in [0.25, 0.3) is 0 Å². The lowest BCUT2D eigenvalue weighted by Crippen LogP contribution is -2.56. The van der Waals surface area contributed by atoms with Crippen molar-refractivity contribution in [2.24, 2.45) is 0 Å². The van der Waals surface area contributed by atoms with Crippen LogP contribution in [-0.2, 0) is 32.6 Å². The van der Waals surface area contributed by atoms with Gasteiger partial charge in [0.1, 0.15) is 24.2 Å². The molecule has 0 saturated heterocycles. The summed E-state index contributed by atoms with van der Waals surface area (Å²) in [5.74, 6) is -1.46. The Morgan fingerprint density at radius 3 is 2.11 bits per heavy atom. The third kappa shape index (κ3) is 8.98. The van der Waals surface area contributed by atoms with Crippen molar-refractivity contribution in [2.45, 2.75) is 64.1 Å². The Morgan fingerprint density at radius 2 is 1.49 bits per heavy atom. The summed E-state index contributed by atoms with van der Waals surface area (Å²) in [4.78, 5) is 29.9. The van der Waals surface area contributed by atoms with E-state index in [1.54, 1.807) is 55.5 Å². The fourth-order valence-electron chi connectivity index (χ4n) is 5.16. The number of hydrogen-bond donors (Lipinski definition) is 1. The number of halogens is 1. The number of sulfonamides is 1. The highest BCUT2D eigenvalue weighted by Gasteiger charge is 2.36. The van der Waals surface area contributed by atoms with Crippen molar-refractivity contribution in [1.82, 2.24) is 10.2 Å². The van der Waals surface area contributed by atoms with Gasteiger partial charge < -0.3 is 15.0 Å². The summed E-state index contributed by atoms with van der Waals surface area (Å²) in [6, 6.07) is 25.5. The van der Waals surface area contributed by atoms with Gasteiger partial charge in [-0.2, -0.15) is 0 Å². The van der Waals surface area contributed by atoms with E-state index in [1.807, 2.05) is 58.0 Å². The SMILES string of the molecule is COc1ccc(C)cc1N(CC(=O)N(Cc1ccccc1F)C(Cc1ccccc1)C(=O)NC(C)(C)C)S(=O)(=O)c1ccc(C)cc1. The van der Waals surface area contributed by atoms with Crippen LogP contribution in [0.3, 0.4) is 0 Å². The van der Waals surface area contributed by atoms with Crippen LogP contribution in [0.15, 0.2) is 102 Å². The summed E-state index contributed by atoms with van der Waals surface area (Å²) in [7, 11) is -2.91. The first-order valence-electron chi connectivity index (χ1n) is 15.3. The minimum atomic E-state index is -4.33. The van der Waals surface area contributed by atoms with Gasteiger partial charge in [0.2, 0.25) is 11.8 Å². The van der Waals surface area contributed by atoms with E-state index in [0.717, 1.165) is 21.0 Å². The largest absolute Gasteiger partial charge is 0.495 e. The van der Waals surface area contributed by atoms with Crippen LogP contribution in [0.2, 0.25) is 0 Å². The molecular weight excluding hydrogens is 617 g/mol. The fraction of sp³-hybridized carbons (Fsp3) is 0.297. The number of methoxy groups -OCH3 is 1. The highest BCUT2D eigenvalue weighted by Crippen LogP contribution is 2.34. The van der Waals surface area contributed by atoms with Crippen molar-refractivity contribution in [3.05, 3.63) is 125 Å². The number of carbonyl (C=O) groups excluding carboxylic acids is 2. The molecule has 4 aromatic rings. The van der Waals surface area contributed by atoms with Gasteiger partial charge in [0, 0.05) is 24.1 Å². The van der Waals surface area contributed by atoms with Crippen LogP contribution in [-0.4, -0.2) is 50.4 Å². The first-order valence-corrected chi connectivity index (χ1v) is 16.8. The van der Waals surface area contributed by atoms with Crippen molar-refractivity contribution in [3.63, 3.8) is 0 Å². The molecule has 2 amide bonds. The Hall–Kier alpha value is -4.70. The monoisotopic (exact) mass is 659 g/mol. The van der Waals surface area contributed by atoms with Gasteiger partial charge in [0.25, 0.3) is 10.0 Å². The lowest BCUT2D eigenvalue weighted by molar-refractivity contribution is -0.140. The van der Waals surface area contributed by atoms with Gasteiger partial charge in [0.05, 0.1) is 17.7 Å². The first kappa shape index (κ1) is 35.2. The summed E-state index contributed by atoms with van der Waals surface area (Å²) in [6.45, 7) is 8.17. The van der Waals surface area contributed by atoms with Gasteiger partial charge in [-0.1, -0.05) is 72.3 Å². The summed E-state index contributed by atoms with van der Waals surface area (Å²) in [5, 5.41) is 2.97. The molecule has 10 heteroatoms. The molecule has 1 N–H and O–H groups in total. The lowest BCUT2D eigenvalue weighted by atomic mass is 10.0. The summed E-state index contributed by atoms with van der Waals surface area (Å²) >= 11 is 0. The fourth-order valence-corrected chi connectivity index (χ4v) is 6.58. The van der Waals surface area contributed by atoms with Crippen LogP contribution in [0, 0.1) is 19.7 Å². The van der Waals surface area contributed by atoms with Gasteiger partial charge in [-0.05, 0) is 76.1 Å². The molecule has 248 valence electrons.